The highest BCUT2D eigenvalue weighted by Crippen LogP contribution is 2.63. The van der Waals surface area contributed by atoms with Crippen LogP contribution in [0.2, 0.25) is 0 Å². The average Bonchev–Trinajstić information content (AvgIpc) is 2.98. The molecule has 2 rings (SSSR count). The van der Waals surface area contributed by atoms with Crippen LogP contribution < -0.4 is 9.46 Å². The minimum absolute atomic E-state index is 0.0191. The van der Waals surface area contributed by atoms with Crippen molar-refractivity contribution >= 4 is 55.9 Å². The van der Waals surface area contributed by atoms with E-state index in [9.17, 15) is 30.7 Å². The van der Waals surface area contributed by atoms with Crippen LogP contribution in [0.4, 0.5) is 22.0 Å². The summed E-state index contributed by atoms with van der Waals surface area (Å²) in [5, 5.41) is 0.134. The van der Waals surface area contributed by atoms with Gasteiger partial charge < -0.3 is 14.5 Å². The summed E-state index contributed by atoms with van der Waals surface area (Å²) in [6, 6.07) is 2.86. The van der Waals surface area contributed by atoms with Crippen LogP contribution in [0.3, 0.4) is 0 Å². The zero-order valence-electron chi connectivity index (χ0n) is 17.6. The number of fused-ring (bicyclic) bond motifs is 1. The van der Waals surface area contributed by atoms with Crippen LogP contribution in [0, 0.1) is 0 Å². The van der Waals surface area contributed by atoms with Gasteiger partial charge in [-0.3, -0.25) is 4.57 Å². The molecule has 0 aliphatic rings. The molecule has 0 spiro atoms. The third kappa shape index (κ3) is 7.18. The zero-order chi connectivity index (χ0) is 25.4. The molecule has 188 valence electrons. The Morgan fingerprint density at radius 3 is 2.30 bits per heavy atom. The van der Waals surface area contributed by atoms with Gasteiger partial charge in [-0.25, -0.2) is 8.93 Å². The van der Waals surface area contributed by atoms with E-state index in [1.807, 2.05) is 0 Å². The van der Waals surface area contributed by atoms with Crippen LogP contribution >= 0.6 is 34.9 Å². The Bertz CT molecular complexity index is 1080. The second-order valence-corrected chi connectivity index (χ2v) is 13.6. The van der Waals surface area contributed by atoms with E-state index in [1.54, 1.807) is 20.8 Å². The number of halogens is 6. The van der Waals surface area contributed by atoms with Gasteiger partial charge >= 0.3 is 19.4 Å². The lowest BCUT2D eigenvalue weighted by Crippen LogP contribution is -2.32. The highest BCUT2D eigenvalue weighted by Gasteiger charge is 2.53. The Balaban J connectivity index is 2.48. The van der Waals surface area contributed by atoms with Crippen LogP contribution in [0.5, 0.6) is 5.75 Å². The summed E-state index contributed by atoms with van der Waals surface area (Å²) >= 11 is 3.34. The number of hydrogen-bond donors (Lipinski definition) is 3. The molecule has 0 aliphatic heterocycles. The molecule has 0 amide bonds. The highest BCUT2D eigenvalue weighted by molar-refractivity contribution is 9.10. The van der Waals surface area contributed by atoms with Crippen molar-refractivity contribution in [2.24, 2.45) is 0 Å². The lowest BCUT2D eigenvalue weighted by atomic mass is 10.1. The number of benzene rings is 1. The van der Waals surface area contributed by atoms with E-state index in [0.717, 1.165) is 0 Å². The smallest absolute Gasteiger partial charge is 0.400 e. The molecule has 1 aromatic carbocycles. The van der Waals surface area contributed by atoms with Crippen molar-refractivity contribution in [2.45, 2.75) is 56.7 Å². The number of rotatable bonds is 9. The van der Waals surface area contributed by atoms with Crippen molar-refractivity contribution in [1.29, 1.82) is 0 Å². The van der Waals surface area contributed by atoms with Gasteiger partial charge in [0.2, 0.25) is 0 Å². The van der Waals surface area contributed by atoms with E-state index >= 15 is 0 Å². The lowest BCUT2D eigenvalue weighted by molar-refractivity contribution is -0.136. The molecule has 0 saturated heterocycles. The van der Waals surface area contributed by atoms with Gasteiger partial charge in [0, 0.05) is 22.8 Å². The maximum atomic E-state index is 14.4. The zero-order valence-corrected chi connectivity index (χ0v) is 21.7. The van der Waals surface area contributed by atoms with Gasteiger partial charge in [0.05, 0.1) is 27.0 Å². The molecule has 1 atom stereocenters. The first kappa shape index (κ1) is 28.6. The van der Waals surface area contributed by atoms with Crippen LogP contribution in [-0.2, 0) is 27.8 Å². The van der Waals surface area contributed by atoms with Crippen molar-refractivity contribution in [3.63, 3.8) is 0 Å². The average molecular weight is 602 g/mol. The first-order chi connectivity index (χ1) is 14.8. The molecule has 0 saturated carbocycles. The van der Waals surface area contributed by atoms with E-state index in [2.05, 4.69) is 20.7 Å². The van der Waals surface area contributed by atoms with Crippen molar-refractivity contribution in [3.05, 3.63) is 27.0 Å². The standard InChI is InChI=1S/C18H22BrF5NO5PS2/c1-16(2,3)33(29)25-9-10-7-11-13(19)15(18(23,24)31(26,27)28)32-14(11)12(8-10)30-6-4-5-17(20,21)22/h7-8,25H,4-6,9H2,1-3H3,(H2,26,27,28). The molecule has 3 N–H and O–H groups in total. The van der Waals surface area contributed by atoms with Gasteiger partial charge in [0.1, 0.15) is 10.6 Å². The fourth-order valence-corrected chi connectivity index (χ4v) is 6.26. The molecule has 0 radical (unpaired) electrons. The minimum atomic E-state index is -5.86. The van der Waals surface area contributed by atoms with Gasteiger partial charge in [-0.05, 0) is 60.8 Å². The molecular weight excluding hydrogens is 580 g/mol. The van der Waals surface area contributed by atoms with Crippen LogP contribution in [-0.4, -0.2) is 31.5 Å². The van der Waals surface area contributed by atoms with Gasteiger partial charge in [-0.15, -0.1) is 11.3 Å². The first-order valence-corrected chi connectivity index (χ1v) is 13.8. The topological polar surface area (TPSA) is 95.9 Å². The SMILES string of the molecule is CC(C)(C)S(=O)NCc1cc(OCCCC(F)(F)F)c2sc(C(F)(F)P(=O)(O)O)c(Br)c2c1. The predicted molar refractivity (Wildman–Crippen MR) is 121 cm³/mol. The van der Waals surface area contributed by atoms with E-state index in [1.165, 1.54) is 12.1 Å². The quantitative estimate of drug-likeness (QED) is 0.182. The second kappa shape index (κ2) is 10.2. The summed E-state index contributed by atoms with van der Waals surface area (Å²) in [7, 11) is -7.33. The monoisotopic (exact) mass is 601 g/mol. The molecular formula is C18H22BrF5NO5PS2. The van der Waals surface area contributed by atoms with E-state index in [0.29, 0.717) is 16.9 Å². The number of nitrogens with one attached hydrogen (secondary N) is 1. The van der Waals surface area contributed by atoms with Crippen molar-refractivity contribution in [3.8, 4) is 5.75 Å². The molecule has 6 nitrogen and oxygen atoms in total. The van der Waals surface area contributed by atoms with Crippen molar-refractivity contribution in [1.82, 2.24) is 4.72 Å². The van der Waals surface area contributed by atoms with E-state index in [4.69, 9.17) is 14.5 Å². The summed E-state index contributed by atoms with van der Waals surface area (Å²) in [6.07, 6.45) is -5.86. The summed E-state index contributed by atoms with van der Waals surface area (Å²) in [4.78, 5) is 17.3. The van der Waals surface area contributed by atoms with Crippen LogP contribution in [0.25, 0.3) is 10.1 Å². The molecule has 0 fully saturated rings. The summed E-state index contributed by atoms with van der Waals surface area (Å²) in [6.45, 7) is 4.87. The fraction of sp³-hybridized carbons (Fsp3) is 0.556. The Morgan fingerprint density at radius 2 is 1.79 bits per heavy atom. The maximum Gasteiger partial charge on any atom is 0.400 e. The Morgan fingerprint density at radius 1 is 1.18 bits per heavy atom. The Hall–Kier alpha value is -0.630. The first-order valence-electron chi connectivity index (χ1n) is 9.38. The molecule has 2 aromatic rings. The number of thiophene rings is 1. The van der Waals surface area contributed by atoms with Crippen molar-refractivity contribution in [2.75, 3.05) is 6.61 Å². The van der Waals surface area contributed by atoms with Crippen LogP contribution in [0.15, 0.2) is 16.6 Å². The third-order valence-electron chi connectivity index (χ3n) is 4.22. The maximum absolute atomic E-state index is 14.4. The number of alkyl halides is 5. The number of ether oxygens (including phenoxy) is 1. The highest BCUT2D eigenvalue weighted by atomic mass is 79.9. The van der Waals surface area contributed by atoms with Gasteiger partial charge in [0.25, 0.3) is 0 Å². The minimum Gasteiger partial charge on any atom is -0.492 e. The summed E-state index contributed by atoms with van der Waals surface area (Å²) in [5.74, 6) is -0.0218. The number of hydrogen-bond acceptors (Lipinski definition) is 4. The third-order valence-corrected chi connectivity index (χ3v) is 9.22. The molecule has 0 aliphatic carbocycles. The summed E-state index contributed by atoms with van der Waals surface area (Å²) in [5.41, 5.74) is -4.06. The molecule has 1 heterocycles. The second-order valence-electron chi connectivity index (χ2n) is 8.07. The predicted octanol–water partition coefficient (Wildman–Crippen LogP) is 6.16. The molecule has 15 heteroatoms. The van der Waals surface area contributed by atoms with Crippen molar-refractivity contribution < 1.29 is 45.2 Å². The fourth-order valence-electron chi connectivity index (χ4n) is 2.55. The molecule has 1 aromatic heterocycles. The van der Waals surface area contributed by atoms with Gasteiger partial charge in [-0.2, -0.15) is 22.0 Å². The van der Waals surface area contributed by atoms with E-state index < -0.39 is 46.5 Å². The van der Waals surface area contributed by atoms with E-state index in [-0.39, 0.29) is 39.9 Å². The summed E-state index contributed by atoms with van der Waals surface area (Å²) < 4.78 is 97.2. The van der Waals surface area contributed by atoms with Gasteiger partial charge in [0.15, 0.2) is 0 Å². The Kier molecular flexibility index (Phi) is 8.81. The molecule has 1 unspecified atom stereocenters. The van der Waals surface area contributed by atoms with Crippen LogP contribution in [0.1, 0.15) is 44.1 Å². The molecule has 33 heavy (non-hydrogen) atoms. The molecule has 0 bridgehead atoms. The lowest BCUT2D eigenvalue weighted by Gasteiger charge is -2.18. The largest absolute Gasteiger partial charge is 0.492 e. The normalized spacial score (nSPS) is 14.6. The van der Waals surface area contributed by atoms with Gasteiger partial charge in [-0.1, -0.05) is 0 Å². The Labute approximate surface area is 201 Å².